The van der Waals surface area contributed by atoms with E-state index in [1.165, 1.54) is 0 Å². The number of nitrogens with zero attached hydrogens (tertiary/aromatic N) is 2. The van der Waals surface area contributed by atoms with Crippen LogP contribution in [0, 0.1) is 0 Å². The van der Waals surface area contributed by atoms with Gasteiger partial charge in [0.15, 0.2) is 0 Å². The van der Waals surface area contributed by atoms with Crippen LogP contribution in [0.5, 0.6) is 5.75 Å². The summed E-state index contributed by atoms with van der Waals surface area (Å²) in [5.74, 6) is 0.885. The monoisotopic (exact) mass is 281 g/mol. The first-order valence-electron chi connectivity index (χ1n) is 5.95. The lowest BCUT2D eigenvalue weighted by Gasteiger charge is -2.15. The van der Waals surface area contributed by atoms with Crippen molar-refractivity contribution in [3.63, 3.8) is 0 Å². The number of carbonyl (C=O) groups is 1. The van der Waals surface area contributed by atoms with Crippen LogP contribution in [-0.4, -0.2) is 22.6 Å². The molecule has 0 spiro atoms. The number of methoxy groups -OCH3 is 1. The molecule has 0 aliphatic rings. The average Bonchev–Trinajstić information content (AvgIpc) is 2.75. The second-order valence-corrected chi connectivity index (χ2v) is 5.04. The Morgan fingerprint density at radius 2 is 2.16 bits per heavy atom. The first-order valence-corrected chi connectivity index (χ1v) is 6.38. The number of carbonyl (C=O) groups excluding carboxylic acids is 1. The summed E-state index contributed by atoms with van der Waals surface area (Å²) >= 11 is 6.14. The summed E-state index contributed by atoms with van der Waals surface area (Å²) in [4.78, 5) is 15.9. The molecule has 0 bridgehead atoms. The van der Waals surface area contributed by atoms with Crippen LogP contribution < -0.4 is 10.5 Å². The Kier molecular flexibility index (Phi) is 3.66. The van der Waals surface area contributed by atoms with Crippen molar-refractivity contribution in [3.8, 4) is 5.75 Å². The molecular weight excluding hydrogens is 266 g/mol. The first kappa shape index (κ1) is 13.7. The summed E-state index contributed by atoms with van der Waals surface area (Å²) < 4.78 is 6.96. The summed E-state index contributed by atoms with van der Waals surface area (Å²) in [6.07, 6.45) is 0. The molecule has 2 rings (SSSR count). The van der Waals surface area contributed by atoms with Gasteiger partial charge in [-0.15, -0.1) is 11.6 Å². The first-order chi connectivity index (χ1) is 8.95. The molecule has 1 aromatic carbocycles. The number of hydrogen-bond acceptors (Lipinski definition) is 3. The lowest BCUT2D eigenvalue weighted by molar-refractivity contribution is -0.120. The summed E-state index contributed by atoms with van der Waals surface area (Å²) in [7, 11) is 1.59. The van der Waals surface area contributed by atoms with E-state index in [1.54, 1.807) is 18.6 Å². The van der Waals surface area contributed by atoms with Crippen molar-refractivity contribution >= 4 is 28.5 Å². The molecule has 1 amide bonds. The zero-order valence-corrected chi connectivity index (χ0v) is 11.8. The van der Waals surface area contributed by atoms with Gasteiger partial charge < -0.3 is 15.0 Å². The van der Waals surface area contributed by atoms with Crippen LogP contribution >= 0.6 is 11.6 Å². The highest BCUT2D eigenvalue weighted by molar-refractivity contribution is 6.20. The summed E-state index contributed by atoms with van der Waals surface area (Å²) in [6, 6.07) is 4.96. The van der Waals surface area contributed by atoms with E-state index in [9.17, 15) is 4.79 Å². The molecule has 2 aromatic rings. The van der Waals surface area contributed by atoms with Gasteiger partial charge in [-0.1, -0.05) is 0 Å². The molecule has 1 heterocycles. The molecule has 102 valence electrons. The number of benzene rings is 1. The molecule has 2 unspecified atom stereocenters. The molecule has 5 nitrogen and oxygen atoms in total. The summed E-state index contributed by atoms with van der Waals surface area (Å²) in [5.41, 5.74) is 6.94. The third kappa shape index (κ3) is 2.38. The van der Waals surface area contributed by atoms with E-state index < -0.39 is 11.9 Å². The van der Waals surface area contributed by atoms with Gasteiger partial charge in [0.2, 0.25) is 5.91 Å². The van der Waals surface area contributed by atoms with Crippen LogP contribution in [0.2, 0.25) is 0 Å². The molecule has 0 saturated heterocycles. The minimum Gasteiger partial charge on any atom is -0.497 e. The van der Waals surface area contributed by atoms with E-state index in [-0.39, 0.29) is 5.38 Å². The second-order valence-electron chi connectivity index (χ2n) is 4.39. The predicted octanol–water partition coefficient (Wildman–Crippen LogP) is 2.39. The molecule has 2 atom stereocenters. The van der Waals surface area contributed by atoms with E-state index in [4.69, 9.17) is 22.1 Å². The Hall–Kier alpha value is -1.75. The smallest absolute Gasteiger partial charge is 0.240 e. The molecule has 0 fully saturated rings. The fourth-order valence-electron chi connectivity index (χ4n) is 2.03. The topological polar surface area (TPSA) is 70.1 Å². The van der Waals surface area contributed by atoms with Gasteiger partial charge >= 0.3 is 0 Å². The zero-order chi connectivity index (χ0) is 14.2. The Labute approximate surface area is 116 Å². The minimum atomic E-state index is -0.520. The number of primary amides is 1. The van der Waals surface area contributed by atoms with Crippen molar-refractivity contribution in [2.45, 2.75) is 25.3 Å². The number of ether oxygens (including phenoxy) is 1. The fourth-order valence-corrected chi connectivity index (χ4v) is 2.19. The average molecular weight is 282 g/mol. The van der Waals surface area contributed by atoms with Gasteiger partial charge in [0, 0.05) is 6.07 Å². The number of aromatic nitrogens is 2. The number of amides is 1. The molecular formula is C13H16ClN3O2. The number of rotatable bonds is 4. The van der Waals surface area contributed by atoms with Crippen molar-refractivity contribution in [1.29, 1.82) is 0 Å². The molecule has 0 aliphatic heterocycles. The quantitative estimate of drug-likeness (QED) is 0.875. The number of hydrogen-bond donors (Lipinski definition) is 1. The maximum atomic E-state index is 11.5. The van der Waals surface area contributed by atoms with Crippen LogP contribution in [0.4, 0.5) is 0 Å². The third-order valence-electron chi connectivity index (χ3n) is 3.08. The number of nitrogens with two attached hydrogens (primary N) is 1. The van der Waals surface area contributed by atoms with Crippen LogP contribution in [0.3, 0.4) is 0 Å². The Bertz CT molecular complexity index is 622. The van der Waals surface area contributed by atoms with E-state index in [2.05, 4.69) is 4.98 Å². The number of alkyl halides is 1. The number of fused-ring (bicyclic) bond motifs is 1. The van der Waals surface area contributed by atoms with Gasteiger partial charge in [-0.05, 0) is 26.0 Å². The van der Waals surface area contributed by atoms with Gasteiger partial charge in [-0.3, -0.25) is 4.79 Å². The molecule has 1 aromatic heterocycles. The molecule has 0 aliphatic carbocycles. The maximum absolute atomic E-state index is 11.5. The third-order valence-corrected chi connectivity index (χ3v) is 3.27. The maximum Gasteiger partial charge on any atom is 0.240 e. The van der Waals surface area contributed by atoms with E-state index in [0.29, 0.717) is 11.6 Å². The summed E-state index contributed by atoms with van der Waals surface area (Å²) in [5, 5.41) is -0.319. The van der Waals surface area contributed by atoms with Crippen LogP contribution in [0.1, 0.15) is 31.1 Å². The highest BCUT2D eigenvalue weighted by atomic mass is 35.5. The highest BCUT2D eigenvalue weighted by Crippen LogP contribution is 2.30. The van der Waals surface area contributed by atoms with Crippen molar-refractivity contribution in [1.82, 2.24) is 9.55 Å². The predicted molar refractivity (Wildman–Crippen MR) is 74.5 cm³/mol. The van der Waals surface area contributed by atoms with Crippen molar-refractivity contribution < 1.29 is 9.53 Å². The lowest BCUT2D eigenvalue weighted by atomic mass is 10.2. The zero-order valence-electron chi connectivity index (χ0n) is 11.1. The molecule has 2 N–H and O–H groups in total. The SMILES string of the molecule is COc1ccc2nc(C(C)Cl)n(C(C)C(N)=O)c2c1. The van der Waals surface area contributed by atoms with Gasteiger partial charge in [0.25, 0.3) is 0 Å². The van der Waals surface area contributed by atoms with E-state index in [1.807, 2.05) is 25.1 Å². The van der Waals surface area contributed by atoms with Crippen LogP contribution in [-0.2, 0) is 4.79 Å². The van der Waals surface area contributed by atoms with Crippen molar-refractivity contribution in [2.24, 2.45) is 5.73 Å². The van der Waals surface area contributed by atoms with Crippen molar-refractivity contribution in [2.75, 3.05) is 7.11 Å². The van der Waals surface area contributed by atoms with Crippen LogP contribution in [0.15, 0.2) is 18.2 Å². The van der Waals surface area contributed by atoms with E-state index >= 15 is 0 Å². The molecule has 19 heavy (non-hydrogen) atoms. The Morgan fingerprint density at radius 1 is 1.47 bits per heavy atom. The number of imidazole rings is 1. The Morgan fingerprint density at radius 3 is 2.68 bits per heavy atom. The fraction of sp³-hybridized carbons (Fsp3) is 0.385. The van der Waals surface area contributed by atoms with E-state index in [0.717, 1.165) is 11.0 Å². The van der Waals surface area contributed by atoms with Gasteiger partial charge in [0.1, 0.15) is 17.6 Å². The summed E-state index contributed by atoms with van der Waals surface area (Å²) in [6.45, 7) is 3.54. The lowest BCUT2D eigenvalue weighted by Crippen LogP contribution is -2.25. The molecule has 0 radical (unpaired) electrons. The largest absolute Gasteiger partial charge is 0.497 e. The standard InChI is InChI=1S/C13H16ClN3O2/c1-7(14)13-16-10-5-4-9(19-3)6-11(10)17(13)8(2)12(15)18/h4-8H,1-3H3,(H2,15,18). The normalized spacial score (nSPS) is 14.3. The minimum absolute atomic E-state index is 0.319. The number of halogens is 1. The van der Waals surface area contributed by atoms with Gasteiger partial charge in [-0.2, -0.15) is 0 Å². The Balaban J connectivity index is 2.73. The van der Waals surface area contributed by atoms with Gasteiger partial charge in [-0.25, -0.2) is 4.98 Å². The second kappa shape index (κ2) is 5.09. The van der Waals surface area contributed by atoms with Crippen molar-refractivity contribution in [3.05, 3.63) is 24.0 Å². The molecule has 6 heteroatoms. The highest BCUT2D eigenvalue weighted by Gasteiger charge is 2.22. The van der Waals surface area contributed by atoms with Crippen LogP contribution in [0.25, 0.3) is 11.0 Å². The van der Waals surface area contributed by atoms with Gasteiger partial charge in [0.05, 0.1) is 23.5 Å². The molecule has 0 saturated carbocycles.